The zero-order chi connectivity index (χ0) is 27.0. The number of halogens is 1. The number of hydrogen-bond acceptors (Lipinski definition) is 5. The Morgan fingerprint density at radius 3 is 2.39 bits per heavy atom. The molecule has 0 fully saturated rings. The monoisotopic (exact) mass is 537 g/mol. The molecular weight excluding hydrogens is 502 g/mol. The summed E-state index contributed by atoms with van der Waals surface area (Å²) in [6, 6.07) is 11.4. The minimum absolute atomic E-state index is 0.147. The lowest BCUT2D eigenvalue weighted by molar-refractivity contribution is -0.140. The first-order valence-electron chi connectivity index (χ1n) is 11.8. The first-order valence-corrected chi connectivity index (χ1v) is 14.0. The van der Waals surface area contributed by atoms with Gasteiger partial charge in [0.25, 0.3) is 0 Å². The fourth-order valence-corrected chi connectivity index (χ4v) is 4.81. The Morgan fingerprint density at radius 1 is 1.14 bits per heavy atom. The van der Waals surface area contributed by atoms with Crippen molar-refractivity contribution in [2.45, 2.75) is 46.7 Å². The average molecular weight is 538 g/mol. The molecule has 2 amide bonds. The van der Waals surface area contributed by atoms with Gasteiger partial charge in [-0.2, -0.15) is 0 Å². The van der Waals surface area contributed by atoms with Crippen LogP contribution in [0.5, 0.6) is 5.75 Å². The largest absolute Gasteiger partial charge is 0.495 e. The molecule has 2 aromatic carbocycles. The van der Waals surface area contributed by atoms with Crippen LogP contribution in [0.1, 0.15) is 38.3 Å². The Hall–Kier alpha value is -2.78. The third-order valence-electron chi connectivity index (χ3n) is 5.59. The number of benzene rings is 2. The molecule has 1 atom stereocenters. The minimum atomic E-state index is -3.90. The van der Waals surface area contributed by atoms with E-state index in [9.17, 15) is 18.0 Å². The van der Waals surface area contributed by atoms with Gasteiger partial charge in [0.2, 0.25) is 21.8 Å². The van der Waals surface area contributed by atoms with Crippen molar-refractivity contribution in [3.8, 4) is 5.75 Å². The fourth-order valence-electron chi connectivity index (χ4n) is 3.80. The maximum absolute atomic E-state index is 13.8. The highest BCUT2D eigenvalue weighted by Crippen LogP contribution is 2.33. The highest BCUT2D eigenvalue weighted by molar-refractivity contribution is 7.92. The molecule has 36 heavy (non-hydrogen) atoms. The maximum Gasteiger partial charge on any atom is 0.244 e. The van der Waals surface area contributed by atoms with E-state index in [-0.39, 0.29) is 29.8 Å². The molecule has 0 saturated carbocycles. The molecule has 0 spiro atoms. The molecule has 10 heteroatoms. The molecule has 0 heterocycles. The van der Waals surface area contributed by atoms with Crippen LogP contribution in [0.15, 0.2) is 42.5 Å². The van der Waals surface area contributed by atoms with Crippen LogP contribution in [0.2, 0.25) is 5.02 Å². The minimum Gasteiger partial charge on any atom is -0.495 e. The summed E-state index contributed by atoms with van der Waals surface area (Å²) in [6.45, 7) is 7.84. The topological polar surface area (TPSA) is 96.0 Å². The van der Waals surface area contributed by atoms with Crippen LogP contribution >= 0.6 is 11.6 Å². The molecule has 0 bridgehead atoms. The summed E-state index contributed by atoms with van der Waals surface area (Å²) in [7, 11) is -2.49. The van der Waals surface area contributed by atoms with Gasteiger partial charge >= 0.3 is 0 Å². The SMILES string of the molecule is CC[C@@H](C(=O)NCC(C)C)N(Cc1cccc(C)c1)C(=O)CN(c1cc(Cl)ccc1OC)S(C)(=O)=O. The highest BCUT2D eigenvalue weighted by Gasteiger charge is 2.32. The number of carbonyl (C=O) groups is 2. The second kappa shape index (κ2) is 13.0. The number of ether oxygens (including phenoxy) is 1. The summed E-state index contributed by atoms with van der Waals surface area (Å²) >= 11 is 6.14. The quantitative estimate of drug-likeness (QED) is 0.441. The lowest BCUT2D eigenvalue weighted by Gasteiger charge is -2.33. The lowest BCUT2D eigenvalue weighted by Crippen LogP contribution is -2.52. The van der Waals surface area contributed by atoms with Gasteiger partial charge in [-0.05, 0) is 43.0 Å². The van der Waals surface area contributed by atoms with E-state index in [4.69, 9.17) is 16.3 Å². The molecule has 0 aliphatic rings. The standard InChI is InChI=1S/C26H36ClN3O5S/c1-7-22(26(32)28-15-18(2)3)29(16-20-10-8-9-19(4)13-20)25(31)17-30(36(6,33)34)23-14-21(27)11-12-24(23)35-5/h8-14,18,22H,7,15-17H2,1-6H3,(H,28,32)/t22-/m0/s1. The van der Waals surface area contributed by atoms with Crippen molar-refractivity contribution in [3.05, 3.63) is 58.6 Å². The number of methoxy groups -OCH3 is 1. The van der Waals surface area contributed by atoms with Gasteiger partial charge in [0.1, 0.15) is 18.3 Å². The zero-order valence-corrected chi connectivity index (χ0v) is 23.3. The number of sulfonamides is 1. The molecule has 0 radical (unpaired) electrons. The van der Waals surface area contributed by atoms with Crippen molar-refractivity contribution in [3.63, 3.8) is 0 Å². The lowest BCUT2D eigenvalue weighted by atomic mass is 10.1. The van der Waals surface area contributed by atoms with Gasteiger partial charge in [-0.25, -0.2) is 8.42 Å². The van der Waals surface area contributed by atoms with Gasteiger partial charge in [-0.1, -0.05) is 62.2 Å². The third kappa shape index (κ3) is 8.13. The molecule has 0 saturated heterocycles. The van der Waals surface area contributed by atoms with E-state index >= 15 is 0 Å². The number of carbonyl (C=O) groups excluding carboxylic acids is 2. The number of aryl methyl sites for hydroxylation is 1. The van der Waals surface area contributed by atoms with Crippen LogP contribution < -0.4 is 14.4 Å². The smallest absolute Gasteiger partial charge is 0.244 e. The Morgan fingerprint density at radius 2 is 1.83 bits per heavy atom. The first kappa shape index (κ1) is 29.5. The van der Waals surface area contributed by atoms with E-state index < -0.39 is 28.5 Å². The summed E-state index contributed by atoms with van der Waals surface area (Å²) in [5.41, 5.74) is 2.00. The summed E-state index contributed by atoms with van der Waals surface area (Å²) in [5, 5.41) is 3.20. The van der Waals surface area contributed by atoms with E-state index in [1.54, 1.807) is 12.1 Å². The predicted molar refractivity (Wildman–Crippen MR) is 144 cm³/mol. The number of rotatable bonds is 12. The van der Waals surface area contributed by atoms with Crippen LogP contribution in [0.3, 0.4) is 0 Å². The number of nitrogens with zero attached hydrogens (tertiary/aromatic N) is 2. The van der Waals surface area contributed by atoms with Crippen molar-refractivity contribution in [1.29, 1.82) is 0 Å². The van der Waals surface area contributed by atoms with E-state index in [1.165, 1.54) is 18.1 Å². The maximum atomic E-state index is 13.8. The summed E-state index contributed by atoms with van der Waals surface area (Å²) in [6.07, 6.45) is 1.37. The van der Waals surface area contributed by atoms with Gasteiger partial charge in [0, 0.05) is 18.1 Å². The van der Waals surface area contributed by atoms with Crippen LogP contribution in [0, 0.1) is 12.8 Å². The molecule has 0 aromatic heterocycles. The summed E-state index contributed by atoms with van der Waals surface area (Å²) in [5.74, 6) is -0.304. The van der Waals surface area contributed by atoms with E-state index in [1.807, 2.05) is 52.0 Å². The van der Waals surface area contributed by atoms with E-state index in [0.29, 0.717) is 18.0 Å². The highest BCUT2D eigenvalue weighted by atomic mass is 35.5. The van der Waals surface area contributed by atoms with Crippen molar-refractivity contribution in [1.82, 2.24) is 10.2 Å². The third-order valence-corrected chi connectivity index (χ3v) is 6.96. The van der Waals surface area contributed by atoms with Gasteiger partial charge in [0.05, 0.1) is 19.1 Å². The van der Waals surface area contributed by atoms with Gasteiger partial charge < -0.3 is 15.0 Å². The van der Waals surface area contributed by atoms with Crippen LogP contribution in [-0.4, -0.2) is 57.6 Å². The number of nitrogens with one attached hydrogen (secondary N) is 1. The molecule has 0 aliphatic carbocycles. The summed E-state index contributed by atoms with van der Waals surface area (Å²) < 4.78 is 31.9. The fraction of sp³-hybridized carbons (Fsp3) is 0.462. The van der Waals surface area contributed by atoms with Gasteiger partial charge in [0.15, 0.2) is 0 Å². The van der Waals surface area contributed by atoms with Gasteiger partial charge in [-0.3, -0.25) is 13.9 Å². The molecule has 2 rings (SSSR count). The Labute approximate surface area is 219 Å². The molecule has 8 nitrogen and oxygen atoms in total. The van der Waals surface area contributed by atoms with E-state index in [2.05, 4.69) is 5.32 Å². The number of amides is 2. The Kier molecular flexibility index (Phi) is 10.6. The van der Waals surface area contributed by atoms with E-state index in [0.717, 1.165) is 21.7 Å². The number of anilines is 1. The number of hydrogen-bond donors (Lipinski definition) is 1. The Bertz CT molecular complexity index is 1170. The average Bonchev–Trinajstić information content (AvgIpc) is 2.80. The van der Waals surface area contributed by atoms with Crippen molar-refractivity contribution < 1.29 is 22.7 Å². The zero-order valence-electron chi connectivity index (χ0n) is 21.7. The molecular formula is C26H36ClN3O5S. The van der Waals surface area contributed by atoms with Crippen LogP contribution in [-0.2, 0) is 26.2 Å². The normalized spacial score (nSPS) is 12.2. The Balaban J connectivity index is 2.49. The molecule has 0 aliphatic heterocycles. The predicted octanol–water partition coefficient (Wildman–Crippen LogP) is 4.00. The first-order chi connectivity index (χ1) is 16.9. The molecule has 1 N–H and O–H groups in total. The van der Waals surface area contributed by atoms with Crippen LogP contribution in [0.25, 0.3) is 0 Å². The second-order valence-corrected chi connectivity index (χ2v) is 11.5. The molecule has 2 aromatic rings. The van der Waals surface area contributed by atoms with Crippen molar-refractivity contribution >= 4 is 39.1 Å². The van der Waals surface area contributed by atoms with Crippen molar-refractivity contribution in [2.75, 3.05) is 30.8 Å². The molecule has 198 valence electrons. The van der Waals surface area contributed by atoms with Gasteiger partial charge in [-0.15, -0.1) is 0 Å². The van der Waals surface area contributed by atoms with Crippen molar-refractivity contribution in [2.24, 2.45) is 5.92 Å². The van der Waals surface area contributed by atoms with Crippen LogP contribution in [0.4, 0.5) is 5.69 Å². The molecule has 0 unspecified atom stereocenters. The summed E-state index contributed by atoms with van der Waals surface area (Å²) in [4.78, 5) is 28.3. The second-order valence-electron chi connectivity index (χ2n) is 9.16.